The Morgan fingerprint density at radius 2 is 1.78 bits per heavy atom. The van der Waals surface area contributed by atoms with Gasteiger partial charge in [-0.05, 0) is 25.0 Å². The molecule has 27 heavy (non-hydrogen) atoms. The van der Waals surface area contributed by atoms with Crippen LogP contribution in [0.15, 0.2) is 53.4 Å². The lowest BCUT2D eigenvalue weighted by Gasteiger charge is -2.17. The first kappa shape index (κ1) is 17.8. The van der Waals surface area contributed by atoms with Crippen LogP contribution in [-0.2, 0) is 10.0 Å². The molecule has 0 saturated carbocycles. The van der Waals surface area contributed by atoms with Gasteiger partial charge in [-0.1, -0.05) is 42.5 Å². The number of H-pyrrole nitrogens is 1. The minimum Gasteiger partial charge on any atom is -0.392 e. The standard InChI is InChI=1S/C19H20N4O3S/c1-13-7-8-15(11-17(13)27(25,26)23-10-9-16(24)12-23)19-20-18(21-22-19)14-5-3-2-4-6-14/h2-8,11,16,24H,9-10,12H2,1H3,(H,20,21,22). The summed E-state index contributed by atoms with van der Waals surface area (Å²) in [5.74, 6) is 1.13. The normalized spacial score (nSPS) is 18.1. The zero-order valence-electron chi connectivity index (χ0n) is 14.8. The fourth-order valence-electron chi connectivity index (χ4n) is 3.21. The van der Waals surface area contributed by atoms with Crippen molar-refractivity contribution in [3.05, 3.63) is 54.1 Å². The van der Waals surface area contributed by atoms with Crippen molar-refractivity contribution in [2.45, 2.75) is 24.3 Å². The van der Waals surface area contributed by atoms with Crippen LogP contribution in [0.1, 0.15) is 12.0 Å². The van der Waals surface area contributed by atoms with E-state index in [0.717, 1.165) is 5.56 Å². The predicted octanol–water partition coefficient (Wildman–Crippen LogP) is 2.20. The van der Waals surface area contributed by atoms with Gasteiger partial charge in [0.05, 0.1) is 11.0 Å². The number of hydrogen-bond acceptors (Lipinski definition) is 5. The first-order valence-electron chi connectivity index (χ1n) is 8.72. The Kier molecular flexibility index (Phi) is 4.55. The van der Waals surface area contributed by atoms with Crippen LogP contribution in [0.25, 0.3) is 22.8 Å². The van der Waals surface area contributed by atoms with E-state index in [1.54, 1.807) is 19.1 Å². The summed E-state index contributed by atoms with van der Waals surface area (Å²) in [6.07, 6.45) is -0.147. The summed E-state index contributed by atoms with van der Waals surface area (Å²) in [7, 11) is -3.67. The van der Waals surface area contributed by atoms with Crippen LogP contribution in [-0.4, -0.2) is 52.2 Å². The molecule has 0 aliphatic carbocycles. The number of nitrogens with zero attached hydrogens (tertiary/aromatic N) is 3. The molecule has 1 atom stereocenters. The van der Waals surface area contributed by atoms with Crippen LogP contribution in [0, 0.1) is 6.92 Å². The number of aliphatic hydroxyl groups excluding tert-OH is 1. The van der Waals surface area contributed by atoms with Crippen LogP contribution in [0.3, 0.4) is 0 Å². The van der Waals surface area contributed by atoms with Crippen molar-refractivity contribution in [2.75, 3.05) is 13.1 Å². The van der Waals surface area contributed by atoms with Gasteiger partial charge in [0.15, 0.2) is 11.6 Å². The zero-order valence-corrected chi connectivity index (χ0v) is 15.6. The summed E-state index contributed by atoms with van der Waals surface area (Å²) in [4.78, 5) is 3.38. The molecule has 140 valence electrons. The van der Waals surface area contributed by atoms with Gasteiger partial charge in [-0.2, -0.15) is 4.31 Å². The van der Waals surface area contributed by atoms with E-state index >= 15 is 0 Å². The summed E-state index contributed by atoms with van der Waals surface area (Å²) in [5.41, 5.74) is 2.21. The molecule has 1 aliphatic heterocycles. The second-order valence-electron chi connectivity index (χ2n) is 6.67. The highest BCUT2D eigenvalue weighted by molar-refractivity contribution is 7.89. The second-order valence-corrected chi connectivity index (χ2v) is 8.58. The van der Waals surface area contributed by atoms with Crippen molar-refractivity contribution in [1.29, 1.82) is 0 Å². The molecule has 2 N–H and O–H groups in total. The average molecular weight is 384 g/mol. The van der Waals surface area contributed by atoms with Gasteiger partial charge in [0.2, 0.25) is 10.0 Å². The minimum atomic E-state index is -3.67. The molecule has 1 fully saturated rings. The maximum Gasteiger partial charge on any atom is 0.243 e. The Bertz CT molecular complexity index is 1060. The molecule has 0 radical (unpaired) electrons. The molecule has 1 saturated heterocycles. The van der Waals surface area contributed by atoms with Crippen molar-refractivity contribution < 1.29 is 13.5 Å². The first-order valence-corrected chi connectivity index (χ1v) is 10.2. The van der Waals surface area contributed by atoms with E-state index in [1.165, 1.54) is 4.31 Å². The molecular formula is C19H20N4O3S. The number of aromatic amines is 1. The predicted molar refractivity (Wildman–Crippen MR) is 101 cm³/mol. The molecule has 8 heteroatoms. The number of aryl methyl sites for hydroxylation is 1. The lowest BCUT2D eigenvalue weighted by atomic mass is 10.1. The number of aliphatic hydroxyl groups is 1. The van der Waals surface area contributed by atoms with E-state index in [4.69, 9.17) is 0 Å². The van der Waals surface area contributed by atoms with E-state index in [-0.39, 0.29) is 11.4 Å². The molecule has 1 aromatic heterocycles. The van der Waals surface area contributed by atoms with Gasteiger partial charge in [0.1, 0.15) is 0 Å². The largest absolute Gasteiger partial charge is 0.392 e. The van der Waals surface area contributed by atoms with Gasteiger partial charge < -0.3 is 10.1 Å². The molecular weight excluding hydrogens is 364 g/mol. The summed E-state index contributed by atoms with van der Waals surface area (Å²) >= 11 is 0. The highest BCUT2D eigenvalue weighted by atomic mass is 32.2. The highest BCUT2D eigenvalue weighted by Gasteiger charge is 2.32. The zero-order chi connectivity index (χ0) is 19.0. The fraction of sp³-hybridized carbons (Fsp3) is 0.263. The Labute approximate surface area is 157 Å². The molecule has 7 nitrogen and oxygen atoms in total. The average Bonchev–Trinajstić information content (AvgIpc) is 3.32. The smallest absolute Gasteiger partial charge is 0.243 e. The molecule has 2 aromatic carbocycles. The summed E-state index contributed by atoms with van der Waals surface area (Å²) in [6, 6.07) is 14.8. The molecule has 0 bridgehead atoms. The maximum absolute atomic E-state index is 13.0. The van der Waals surface area contributed by atoms with Crippen molar-refractivity contribution in [3.8, 4) is 22.8 Å². The third-order valence-corrected chi connectivity index (χ3v) is 6.75. The first-order chi connectivity index (χ1) is 12.9. The summed E-state index contributed by atoms with van der Waals surface area (Å²) < 4.78 is 27.3. The Hall–Kier alpha value is -2.55. The monoisotopic (exact) mass is 384 g/mol. The van der Waals surface area contributed by atoms with Gasteiger partial charge in [0.25, 0.3) is 0 Å². The van der Waals surface area contributed by atoms with Crippen LogP contribution in [0.2, 0.25) is 0 Å². The molecule has 2 heterocycles. The molecule has 4 rings (SSSR count). The summed E-state index contributed by atoms with van der Waals surface area (Å²) in [5, 5.41) is 18.0. The molecule has 3 aromatic rings. The van der Waals surface area contributed by atoms with Crippen LogP contribution >= 0.6 is 0 Å². The Morgan fingerprint density at radius 3 is 2.44 bits per heavy atom. The lowest BCUT2D eigenvalue weighted by Crippen LogP contribution is -2.30. The summed E-state index contributed by atoms with van der Waals surface area (Å²) in [6.45, 7) is 2.22. The molecule has 1 unspecified atom stereocenters. The molecule has 0 amide bonds. The SMILES string of the molecule is Cc1ccc(-c2nnc(-c3ccccc3)[nH]2)cc1S(=O)(=O)N1CCC(O)C1. The number of nitrogens with one attached hydrogen (secondary N) is 1. The second kappa shape index (κ2) is 6.88. The van der Waals surface area contributed by atoms with E-state index in [0.29, 0.717) is 35.7 Å². The fourth-order valence-corrected chi connectivity index (χ4v) is 4.95. The topological polar surface area (TPSA) is 99.2 Å². The lowest BCUT2D eigenvalue weighted by molar-refractivity contribution is 0.189. The van der Waals surface area contributed by atoms with Gasteiger partial charge in [-0.15, -0.1) is 10.2 Å². The Balaban J connectivity index is 1.70. The minimum absolute atomic E-state index is 0.131. The quantitative estimate of drug-likeness (QED) is 0.718. The van der Waals surface area contributed by atoms with Crippen LogP contribution in [0.4, 0.5) is 0 Å². The highest BCUT2D eigenvalue weighted by Crippen LogP contribution is 2.28. The van der Waals surface area contributed by atoms with E-state index in [1.807, 2.05) is 36.4 Å². The number of benzene rings is 2. The molecule has 1 aliphatic rings. The van der Waals surface area contributed by atoms with E-state index in [2.05, 4.69) is 15.2 Å². The van der Waals surface area contributed by atoms with E-state index in [9.17, 15) is 13.5 Å². The van der Waals surface area contributed by atoms with Gasteiger partial charge in [-0.25, -0.2) is 8.42 Å². The number of hydrogen-bond donors (Lipinski definition) is 2. The van der Waals surface area contributed by atoms with Crippen LogP contribution in [0.5, 0.6) is 0 Å². The van der Waals surface area contributed by atoms with Crippen molar-refractivity contribution in [3.63, 3.8) is 0 Å². The van der Waals surface area contributed by atoms with Crippen LogP contribution < -0.4 is 0 Å². The Morgan fingerprint density at radius 1 is 1.07 bits per heavy atom. The maximum atomic E-state index is 13.0. The third kappa shape index (κ3) is 3.39. The molecule has 0 spiro atoms. The number of β-amino-alcohol motifs (C(OH)–C–C–N with tert-alkyl or cyclic N) is 1. The van der Waals surface area contributed by atoms with E-state index < -0.39 is 16.1 Å². The third-order valence-electron chi connectivity index (χ3n) is 4.74. The number of sulfonamides is 1. The van der Waals surface area contributed by atoms with Gasteiger partial charge >= 0.3 is 0 Å². The number of rotatable bonds is 4. The number of aromatic nitrogens is 3. The van der Waals surface area contributed by atoms with Gasteiger partial charge in [0, 0.05) is 24.2 Å². The van der Waals surface area contributed by atoms with Crippen molar-refractivity contribution >= 4 is 10.0 Å². The van der Waals surface area contributed by atoms with Crippen molar-refractivity contribution in [1.82, 2.24) is 19.5 Å². The van der Waals surface area contributed by atoms with Crippen molar-refractivity contribution in [2.24, 2.45) is 0 Å². The van der Waals surface area contributed by atoms with Gasteiger partial charge in [-0.3, -0.25) is 0 Å².